The van der Waals surface area contributed by atoms with E-state index in [-0.39, 0.29) is 5.91 Å². The van der Waals surface area contributed by atoms with Crippen molar-refractivity contribution in [1.82, 2.24) is 5.32 Å². The summed E-state index contributed by atoms with van der Waals surface area (Å²) >= 11 is 0. The highest BCUT2D eigenvalue weighted by Crippen LogP contribution is 1.99. The summed E-state index contributed by atoms with van der Waals surface area (Å²) in [6, 6.07) is 9.80. The summed E-state index contributed by atoms with van der Waals surface area (Å²) in [6.45, 7) is 1.90. The number of hydrogen-bond acceptors (Lipinski definition) is 1. The molecule has 0 saturated carbocycles. The Morgan fingerprint density at radius 3 is 2.62 bits per heavy atom. The number of allylic oxidation sites excluding steroid dienone is 3. The molecule has 0 heterocycles. The van der Waals surface area contributed by atoms with Gasteiger partial charge in [-0.3, -0.25) is 4.79 Å². The Morgan fingerprint density at radius 1 is 1.19 bits per heavy atom. The van der Waals surface area contributed by atoms with Crippen molar-refractivity contribution in [2.45, 2.75) is 6.92 Å². The molecule has 0 fully saturated rings. The Morgan fingerprint density at radius 2 is 1.94 bits per heavy atom. The van der Waals surface area contributed by atoms with Crippen LogP contribution in [0.25, 0.3) is 6.08 Å². The molecule has 1 amide bonds. The third-order valence-electron chi connectivity index (χ3n) is 1.85. The SMILES string of the molecule is C/C=C/C=C/C(=O)N/C=C\c1ccccc1. The molecule has 0 spiro atoms. The van der Waals surface area contributed by atoms with Crippen molar-refractivity contribution in [3.63, 3.8) is 0 Å². The van der Waals surface area contributed by atoms with Gasteiger partial charge in [-0.15, -0.1) is 0 Å². The number of benzene rings is 1. The largest absolute Gasteiger partial charge is 0.329 e. The Labute approximate surface area is 96.0 Å². The van der Waals surface area contributed by atoms with Gasteiger partial charge in [-0.1, -0.05) is 48.6 Å². The van der Waals surface area contributed by atoms with Crippen molar-refractivity contribution in [1.29, 1.82) is 0 Å². The van der Waals surface area contributed by atoms with Gasteiger partial charge in [0.1, 0.15) is 0 Å². The van der Waals surface area contributed by atoms with Crippen molar-refractivity contribution >= 4 is 12.0 Å². The van der Waals surface area contributed by atoms with E-state index in [1.807, 2.05) is 49.4 Å². The maximum atomic E-state index is 11.2. The zero-order valence-electron chi connectivity index (χ0n) is 9.26. The molecule has 2 heteroatoms. The monoisotopic (exact) mass is 213 g/mol. The van der Waals surface area contributed by atoms with E-state index in [0.29, 0.717) is 0 Å². The van der Waals surface area contributed by atoms with Crippen molar-refractivity contribution in [2.75, 3.05) is 0 Å². The maximum Gasteiger partial charge on any atom is 0.247 e. The van der Waals surface area contributed by atoms with E-state index in [1.54, 1.807) is 18.4 Å². The highest BCUT2D eigenvalue weighted by atomic mass is 16.1. The maximum absolute atomic E-state index is 11.2. The molecule has 0 atom stereocenters. The summed E-state index contributed by atoms with van der Waals surface area (Å²) in [5.74, 6) is -0.134. The molecule has 0 aliphatic rings. The van der Waals surface area contributed by atoms with Crippen LogP contribution in [0.1, 0.15) is 12.5 Å². The molecular weight excluding hydrogens is 198 g/mol. The van der Waals surface area contributed by atoms with Gasteiger partial charge in [0, 0.05) is 12.3 Å². The predicted octanol–water partition coefficient (Wildman–Crippen LogP) is 2.91. The minimum absolute atomic E-state index is 0.134. The normalized spacial score (nSPS) is 11.6. The Kier molecular flexibility index (Phi) is 5.42. The van der Waals surface area contributed by atoms with Crippen molar-refractivity contribution < 1.29 is 4.79 Å². The number of hydrogen-bond donors (Lipinski definition) is 1. The molecule has 82 valence electrons. The van der Waals surface area contributed by atoms with Gasteiger partial charge in [0.25, 0.3) is 0 Å². The molecule has 0 saturated heterocycles. The Hall–Kier alpha value is -2.09. The van der Waals surface area contributed by atoms with Gasteiger partial charge in [-0.05, 0) is 18.6 Å². The average molecular weight is 213 g/mol. The van der Waals surface area contributed by atoms with Crippen LogP contribution in [0, 0.1) is 0 Å². The van der Waals surface area contributed by atoms with Crippen LogP contribution in [0.5, 0.6) is 0 Å². The first-order valence-corrected chi connectivity index (χ1v) is 5.14. The first-order chi connectivity index (χ1) is 7.83. The molecular formula is C14H15NO. The van der Waals surface area contributed by atoms with Crippen LogP contribution in [0.3, 0.4) is 0 Å². The number of rotatable bonds is 4. The van der Waals surface area contributed by atoms with E-state index >= 15 is 0 Å². The van der Waals surface area contributed by atoms with Crippen molar-refractivity contribution in [2.24, 2.45) is 0 Å². The lowest BCUT2D eigenvalue weighted by Crippen LogP contribution is -2.12. The Balaban J connectivity index is 2.40. The zero-order chi connectivity index (χ0) is 11.6. The summed E-state index contributed by atoms with van der Waals surface area (Å²) in [5.41, 5.74) is 1.06. The van der Waals surface area contributed by atoms with Gasteiger partial charge in [0.2, 0.25) is 5.91 Å². The minimum Gasteiger partial charge on any atom is -0.329 e. The third-order valence-corrected chi connectivity index (χ3v) is 1.85. The van der Waals surface area contributed by atoms with Gasteiger partial charge < -0.3 is 5.32 Å². The molecule has 0 bridgehead atoms. The summed E-state index contributed by atoms with van der Waals surface area (Å²) < 4.78 is 0. The van der Waals surface area contributed by atoms with Gasteiger partial charge in [0.15, 0.2) is 0 Å². The van der Waals surface area contributed by atoms with Crippen molar-refractivity contribution in [3.8, 4) is 0 Å². The quantitative estimate of drug-likeness (QED) is 0.604. The smallest absolute Gasteiger partial charge is 0.247 e. The zero-order valence-corrected chi connectivity index (χ0v) is 9.26. The first kappa shape index (κ1) is 12.0. The molecule has 1 rings (SSSR count). The van der Waals surface area contributed by atoms with Gasteiger partial charge >= 0.3 is 0 Å². The second-order valence-corrected chi connectivity index (χ2v) is 3.14. The summed E-state index contributed by atoms with van der Waals surface area (Å²) in [5, 5.41) is 2.65. The molecule has 0 aliphatic carbocycles. The molecule has 0 aromatic heterocycles. The van der Waals surface area contributed by atoms with Crippen LogP contribution < -0.4 is 5.32 Å². The molecule has 16 heavy (non-hydrogen) atoms. The second kappa shape index (κ2) is 7.23. The van der Waals surface area contributed by atoms with E-state index in [4.69, 9.17) is 0 Å². The number of carbonyl (C=O) groups excluding carboxylic acids is 1. The highest BCUT2D eigenvalue weighted by Gasteiger charge is 1.88. The number of amides is 1. The lowest BCUT2D eigenvalue weighted by atomic mass is 10.2. The van der Waals surface area contributed by atoms with Crippen LogP contribution in [-0.4, -0.2) is 5.91 Å². The van der Waals surface area contributed by atoms with E-state index in [1.165, 1.54) is 6.08 Å². The molecule has 1 N–H and O–H groups in total. The lowest BCUT2D eigenvalue weighted by molar-refractivity contribution is -0.115. The molecule has 1 aromatic carbocycles. The van der Waals surface area contributed by atoms with Crippen LogP contribution in [-0.2, 0) is 4.79 Å². The third kappa shape index (κ3) is 4.96. The summed E-state index contributed by atoms with van der Waals surface area (Å²) in [6.07, 6.45) is 10.3. The molecule has 2 nitrogen and oxygen atoms in total. The second-order valence-electron chi connectivity index (χ2n) is 3.14. The lowest BCUT2D eigenvalue weighted by Gasteiger charge is -1.93. The number of carbonyl (C=O) groups is 1. The van der Waals surface area contributed by atoms with Crippen LogP contribution in [0.15, 0.2) is 60.8 Å². The van der Waals surface area contributed by atoms with Gasteiger partial charge in [-0.25, -0.2) is 0 Å². The molecule has 0 aliphatic heterocycles. The Bertz CT molecular complexity index is 402. The van der Waals surface area contributed by atoms with Gasteiger partial charge in [-0.2, -0.15) is 0 Å². The average Bonchev–Trinajstić information content (AvgIpc) is 2.31. The topological polar surface area (TPSA) is 29.1 Å². The van der Waals surface area contributed by atoms with Gasteiger partial charge in [0.05, 0.1) is 0 Å². The molecule has 0 unspecified atom stereocenters. The number of nitrogens with one attached hydrogen (secondary N) is 1. The molecule has 1 aromatic rings. The summed E-state index contributed by atoms with van der Waals surface area (Å²) in [7, 11) is 0. The van der Waals surface area contributed by atoms with Crippen LogP contribution >= 0.6 is 0 Å². The first-order valence-electron chi connectivity index (χ1n) is 5.14. The van der Waals surface area contributed by atoms with E-state index in [9.17, 15) is 4.79 Å². The fraction of sp³-hybridized carbons (Fsp3) is 0.0714. The van der Waals surface area contributed by atoms with E-state index in [2.05, 4.69) is 5.32 Å². The van der Waals surface area contributed by atoms with Crippen molar-refractivity contribution in [3.05, 3.63) is 66.4 Å². The fourth-order valence-corrected chi connectivity index (χ4v) is 1.09. The van der Waals surface area contributed by atoms with Crippen LogP contribution in [0.2, 0.25) is 0 Å². The summed E-state index contributed by atoms with van der Waals surface area (Å²) in [4.78, 5) is 11.2. The highest BCUT2D eigenvalue weighted by molar-refractivity contribution is 5.88. The van der Waals surface area contributed by atoms with E-state index < -0.39 is 0 Å². The molecule has 0 radical (unpaired) electrons. The fourth-order valence-electron chi connectivity index (χ4n) is 1.09. The predicted molar refractivity (Wildman–Crippen MR) is 67.6 cm³/mol. The standard InChI is InChI=1S/C14H15NO/c1-2-3-5-10-14(16)15-12-11-13-8-6-4-7-9-13/h2-12H,1H3,(H,15,16)/b3-2+,10-5+,12-11-. The minimum atomic E-state index is -0.134. The van der Waals surface area contributed by atoms with Crippen LogP contribution in [0.4, 0.5) is 0 Å². The van der Waals surface area contributed by atoms with E-state index in [0.717, 1.165) is 5.56 Å².